The molecule has 112 valence electrons. The first-order chi connectivity index (χ1) is 10.1. The van der Waals surface area contributed by atoms with Gasteiger partial charge in [0.05, 0.1) is 10.4 Å². The first kappa shape index (κ1) is 14.8. The van der Waals surface area contributed by atoms with Crippen LogP contribution in [0.5, 0.6) is 0 Å². The van der Waals surface area contributed by atoms with Crippen molar-refractivity contribution < 1.29 is 8.42 Å². The molecule has 2 atom stereocenters. The number of alkyl halides is 1. The lowest BCUT2D eigenvalue weighted by Crippen LogP contribution is -2.38. The lowest BCUT2D eigenvalue weighted by atomic mass is 10.1. The number of rotatable bonds is 3. The molecule has 6 heteroatoms. The van der Waals surface area contributed by atoms with Crippen molar-refractivity contribution in [2.24, 2.45) is 5.92 Å². The van der Waals surface area contributed by atoms with Gasteiger partial charge < -0.3 is 0 Å². The maximum absolute atomic E-state index is 13.0. The molecule has 1 aliphatic heterocycles. The molecule has 0 spiro atoms. The van der Waals surface area contributed by atoms with Crippen LogP contribution < -0.4 is 0 Å². The van der Waals surface area contributed by atoms with E-state index in [0.29, 0.717) is 28.2 Å². The number of fused-ring (bicyclic) bond motifs is 1. The Labute approximate surface area is 129 Å². The zero-order chi connectivity index (χ0) is 15.0. The summed E-state index contributed by atoms with van der Waals surface area (Å²) in [6.07, 6.45) is 2.51. The van der Waals surface area contributed by atoms with Gasteiger partial charge in [0.15, 0.2) is 0 Å². The quantitative estimate of drug-likeness (QED) is 0.816. The number of pyridine rings is 1. The van der Waals surface area contributed by atoms with E-state index in [-0.39, 0.29) is 12.0 Å². The standard InChI is InChI=1S/C15H17ClN2O2S/c1-11-7-9-18(14(11)10-16)21(19,20)15-6-2-5-13-12(15)4-3-8-17-13/h2-6,8,11,14H,7,9-10H2,1H3. The van der Waals surface area contributed by atoms with Crippen molar-refractivity contribution >= 4 is 32.5 Å². The molecule has 1 aliphatic rings. The molecule has 2 aromatic rings. The van der Waals surface area contributed by atoms with Gasteiger partial charge in [-0.15, -0.1) is 11.6 Å². The molecule has 0 aliphatic carbocycles. The van der Waals surface area contributed by atoms with Crippen LogP contribution in [0.25, 0.3) is 10.9 Å². The summed E-state index contributed by atoms with van der Waals surface area (Å²) in [6.45, 7) is 2.57. The predicted molar refractivity (Wildman–Crippen MR) is 83.9 cm³/mol. The molecule has 4 nitrogen and oxygen atoms in total. The van der Waals surface area contributed by atoms with E-state index in [0.717, 1.165) is 6.42 Å². The highest BCUT2D eigenvalue weighted by molar-refractivity contribution is 7.89. The lowest BCUT2D eigenvalue weighted by molar-refractivity contribution is 0.375. The van der Waals surface area contributed by atoms with Gasteiger partial charge in [0.1, 0.15) is 0 Å². The Morgan fingerprint density at radius 3 is 2.90 bits per heavy atom. The number of hydrogen-bond donors (Lipinski definition) is 0. The van der Waals surface area contributed by atoms with Crippen LogP contribution in [-0.2, 0) is 10.0 Å². The molecule has 0 bridgehead atoms. The Kier molecular flexibility index (Phi) is 3.90. The third-order valence-electron chi connectivity index (χ3n) is 4.18. The molecule has 1 saturated heterocycles. The Balaban J connectivity index is 2.13. The highest BCUT2D eigenvalue weighted by Crippen LogP contribution is 2.33. The van der Waals surface area contributed by atoms with Crippen molar-refractivity contribution in [2.75, 3.05) is 12.4 Å². The number of nitrogens with zero attached hydrogens (tertiary/aromatic N) is 2. The van der Waals surface area contributed by atoms with Crippen molar-refractivity contribution in [3.63, 3.8) is 0 Å². The molecule has 21 heavy (non-hydrogen) atoms. The van der Waals surface area contributed by atoms with Gasteiger partial charge in [-0.05, 0) is 36.6 Å². The van der Waals surface area contributed by atoms with E-state index in [4.69, 9.17) is 11.6 Å². The first-order valence-corrected chi connectivity index (χ1v) is 8.94. The Hall–Kier alpha value is -1.17. The van der Waals surface area contributed by atoms with Gasteiger partial charge in [0.2, 0.25) is 10.0 Å². The summed E-state index contributed by atoms with van der Waals surface area (Å²) in [7, 11) is -3.55. The summed E-state index contributed by atoms with van der Waals surface area (Å²) in [6, 6.07) is 8.62. The molecule has 0 amide bonds. The van der Waals surface area contributed by atoms with Gasteiger partial charge in [-0.1, -0.05) is 13.0 Å². The summed E-state index contributed by atoms with van der Waals surface area (Å²) in [5, 5.41) is 0.660. The number of hydrogen-bond acceptors (Lipinski definition) is 3. The van der Waals surface area contributed by atoms with Crippen LogP contribution in [0.1, 0.15) is 13.3 Å². The number of aromatic nitrogens is 1. The summed E-state index contributed by atoms with van der Waals surface area (Å²) in [5.74, 6) is 0.606. The van der Waals surface area contributed by atoms with Gasteiger partial charge in [0.25, 0.3) is 0 Å². The minimum absolute atomic E-state index is 0.136. The van der Waals surface area contributed by atoms with Crippen LogP contribution in [0.4, 0.5) is 0 Å². The second-order valence-corrected chi connectivity index (χ2v) is 7.60. The molecule has 0 N–H and O–H groups in total. The van der Waals surface area contributed by atoms with E-state index >= 15 is 0 Å². The van der Waals surface area contributed by atoms with Crippen molar-refractivity contribution in [3.8, 4) is 0 Å². The Bertz CT molecular complexity index is 758. The largest absolute Gasteiger partial charge is 0.256 e. The van der Waals surface area contributed by atoms with E-state index in [1.165, 1.54) is 0 Å². The summed E-state index contributed by atoms with van der Waals surface area (Å²) in [4.78, 5) is 4.54. The minimum atomic E-state index is -3.55. The second-order valence-electron chi connectivity index (χ2n) is 5.43. The summed E-state index contributed by atoms with van der Waals surface area (Å²) in [5.41, 5.74) is 0.688. The van der Waals surface area contributed by atoms with E-state index in [9.17, 15) is 8.42 Å². The van der Waals surface area contributed by atoms with Crippen LogP contribution in [0, 0.1) is 5.92 Å². The van der Waals surface area contributed by atoms with Gasteiger partial charge in [-0.3, -0.25) is 4.98 Å². The van der Waals surface area contributed by atoms with Crippen LogP contribution in [0.15, 0.2) is 41.4 Å². The van der Waals surface area contributed by atoms with E-state index < -0.39 is 10.0 Å². The normalized spacial score (nSPS) is 23.7. The second kappa shape index (κ2) is 5.55. The van der Waals surface area contributed by atoms with E-state index in [1.807, 2.05) is 13.0 Å². The van der Waals surface area contributed by atoms with Crippen LogP contribution >= 0.6 is 11.6 Å². The van der Waals surface area contributed by atoms with E-state index in [2.05, 4.69) is 4.98 Å². The van der Waals surface area contributed by atoms with E-state index in [1.54, 1.807) is 34.8 Å². The number of halogens is 1. The Morgan fingerprint density at radius 1 is 1.33 bits per heavy atom. The molecule has 1 fully saturated rings. The van der Waals surface area contributed by atoms with Gasteiger partial charge in [0, 0.05) is 30.0 Å². The third-order valence-corrected chi connectivity index (χ3v) is 6.48. The molecule has 2 unspecified atom stereocenters. The average Bonchev–Trinajstić information content (AvgIpc) is 2.88. The number of sulfonamides is 1. The zero-order valence-corrected chi connectivity index (χ0v) is 13.3. The van der Waals surface area contributed by atoms with Gasteiger partial charge >= 0.3 is 0 Å². The van der Waals surface area contributed by atoms with Crippen molar-refractivity contribution in [2.45, 2.75) is 24.3 Å². The monoisotopic (exact) mass is 324 g/mol. The predicted octanol–water partition coefficient (Wildman–Crippen LogP) is 2.87. The van der Waals surface area contributed by atoms with Crippen molar-refractivity contribution in [3.05, 3.63) is 36.5 Å². The molecule has 1 aromatic heterocycles. The number of benzene rings is 1. The third kappa shape index (κ3) is 2.43. The van der Waals surface area contributed by atoms with Crippen LogP contribution in [0.3, 0.4) is 0 Å². The molecule has 1 aromatic carbocycles. The highest BCUT2D eigenvalue weighted by atomic mass is 35.5. The molecular weight excluding hydrogens is 308 g/mol. The average molecular weight is 325 g/mol. The molecular formula is C15H17ClN2O2S. The Morgan fingerprint density at radius 2 is 2.14 bits per heavy atom. The highest BCUT2D eigenvalue weighted by Gasteiger charge is 2.39. The van der Waals surface area contributed by atoms with Crippen molar-refractivity contribution in [1.82, 2.24) is 9.29 Å². The minimum Gasteiger partial charge on any atom is -0.256 e. The van der Waals surface area contributed by atoms with Gasteiger partial charge in [-0.25, -0.2) is 8.42 Å². The smallest absolute Gasteiger partial charge is 0.244 e. The van der Waals surface area contributed by atoms with Crippen LogP contribution in [-0.4, -0.2) is 36.2 Å². The molecule has 0 radical (unpaired) electrons. The fourth-order valence-electron chi connectivity index (χ4n) is 2.93. The topological polar surface area (TPSA) is 50.3 Å². The molecule has 3 rings (SSSR count). The summed E-state index contributed by atoms with van der Waals surface area (Å²) >= 11 is 5.99. The summed E-state index contributed by atoms with van der Waals surface area (Å²) < 4.78 is 27.6. The molecule has 2 heterocycles. The van der Waals surface area contributed by atoms with Crippen LogP contribution in [0.2, 0.25) is 0 Å². The molecule has 0 saturated carbocycles. The fourth-order valence-corrected chi connectivity index (χ4v) is 5.42. The first-order valence-electron chi connectivity index (χ1n) is 6.97. The SMILES string of the molecule is CC1CCN(S(=O)(=O)c2cccc3ncccc23)C1CCl. The fraction of sp³-hybridized carbons (Fsp3) is 0.400. The zero-order valence-electron chi connectivity index (χ0n) is 11.7. The lowest BCUT2D eigenvalue weighted by Gasteiger charge is -2.25. The van der Waals surface area contributed by atoms with Crippen molar-refractivity contribution in [1.29, 1.82) is 0 Å². The maximum atomic E-state index is 13.0. The van der Waals surface area contributed by atoms with Gasteiger partial charge in [-0.2, -0.15) is 4.31 Å². The maximum Gasteiger partial charge on any atom is 0.244 e.